The van der Waals surface area contributed by atoms with Crippen molar-refractivity contribution in [1.82, 2.24) is 0 Å². The third kappa shape index (κ3) is 5.84. The third-order valence-corrected chi connectivity index (χ3v) is 3.16. The van der Waals surface area contributed by atoms with E-state index in [1.54, 1.807) is 0 Å². The van der Waals surface area contributed by atoms with Crippen LogP contribution in [0.5, 0.6) is 0 Å². The van der Waals surface area contributed by atoms with Gasteiger partial charge in [0.2, 0.25) is 0 Å². The summed E-state index contributed by atoms with van der Waals surface area (Å²) in [5, 5.41) is 23.1. The minimum absolute atomic E-state index is 0.586. The van der Waals surface area contributed by atoms with Gasteiger partial charge in [-0.25, -0.2) is 9.13 Å². The van der Waals surface area contributed by atoms with Crippen molar-refractivity contribution in [3.8, 4) is 0 Å². The van der Waals surface area contributed by atoms with Crippen molar-refractivity contribution in [2.75, 3.05) is 13.2 Å². The molecule has 2 aromatic heterocycles. The van der Waals surface area contributed by atoms with Gasteiger partial charge in [0, 0.05) is 12.1 Å². The molecule has 0 aliphatic rings. The van der Waals surface area contributed by atoms with Crippen molar-refractivity contribution in [2.45, 2.75) is 13.1 Å². The van der Waals surface area contributed by atoms with Crippen LogP contribution in [0.4, 0.5) is 0 Å². The van der Waals surface area contributed by atoms with Gasteiger partial charge >= 0.3 is 0 Å². The van der Waals surface area contributed by atoms with Gasteiger partial charge in [-0.1, -0.05) is 10.3 Å². The van der Waals surface area contributed by atoms with Crippen molar-refractivity contribution in [3.05, 3.63) is 60.2 Å². The molecular formula is C16H20N4O3+2. The molecule has 0 amide bonds. The van der Waals surface area contributed by atoms with E-state index < -0.39 is 0 Å². The molecule has 0 saturated carbocycles. The second kappa shape index (κ2) is 9.26. The predicted molar refractivity (Wildman–Crippen MR) is 82.9 cm³/mol. The first-order valence-electron chi connectivity index (χ1n) is 7.22. The molecular weight excluding hydrogens is 296 g/mol. The quantitative estimate of drug-likeness (QED) is 0.246. The summed E-state index contributed by atoms with van der Waals surface area (Å²) in [6.45, 7) is 2.61. The number of pyridine rings is 2. The highest BCUT2D eigenvalue weighted by Gasteiger charge is 2.04. The predicted octanol–water partition coefficient (Wildman–Crippen LogP) is 0.595. The molecule has 7 heteroatoms. The van der Waals surface area contributed by atoms with Crippen LogP contribution < -0.4 is 9.13 Å². The molecule has 0 unspecified atom stereocenters. The van der Waals surface area contributed by atoms with E-state index in [0.29, 0.717) is 13.2 Å². The molecule has 0 fully saturated rings. The zero-order valence-electron chi connectivity index (χ0n) is 12.7. The largest absolute Gasteiger partial charge is 0.411 e. The van der Waals surface area contributed by atoms with Crippen molar-refractivity contribution >= 4 is 12.4 Å². The van der Waals surface area contributed by atoms with Gasteiger partial charge in [-0.2, -0.15) is 0 Å². The van der Waals surface area contributed by atoms with Crippen LogP contribution in [0.2, 0.25) is 0 Å². The lowest BCUT2D eigenvalue weighted by atomic mass is 10.3. The van der Waals surface area contributed by atoms with E-state index in [9.17, 15) is 0 Å². The van der Waals surface area contributed by atoms with E-state index in [2.05, 4.69) is 10.3 Å². The lowest BCUT2D eigenvalue weighted by Crippen LogP contribution is -2.38. The van der Waals surface area contributed by atoms with Gasteiger partial charge in [0.25, 0.3) is 0 Å². The van der Waals surface area contributed by atoms with Gasteiger partial charge in [-0.05, 0) is 12.1 Å². The first kappa shape index (κ1) is 16.6. The van der Waals surface area contributed by atoms with Crippen LogP contribution in [-0.4, -0.2) is 36.1 Å². The zero-order chi connectivity index (χ0) is 16.3. The average molecular weight is 316 g/mol. The molecule has 0 bridgehead atoms. The highest BCUT2D eigenvalue weighted by molar-refractivity contribution is 5.78. The Kier molecular flexibility index (Phi) is 6.67. The summed E-state index contributed by atoms with van der Waals surface area (Å²) in [7, 11) is 0. The van der Waals surface area contributed by atoms with Crippen LogP contribution in [-0.2, 0) is 17.8 Å². The van der Waals surface area contributed by atoms with Crippen LogP contribution in [0, 0.1) is 0 Å². The first-order chi connectivity index (χ1) is 11.3. The summed E-state index contributed by atoms with van der Waals surface area (Å²) in [5.74, 6) is 0. The van der Waals surface area contributed by atoms with Crippen LogP contribution in [0.1, 0.15) is 11.1 Å². The van der Waals surface area contributed by atoms with Gasteiger partial charge in [-0.3, -0.25) is 0 Å². The fourth-order valence-corrected chi connectivity index (χ4v) is 2.09. The summed E-state index contributed by atoms with van der Waals surface area (Å²) in [6, 6.07) is 7.49. The Bertz CT molecular complexity index is 616. The fourth-order valence-electron chi connectivity index (χ4n) is 2.09. The number of ether oxygens (including phenoxy) is 1. The summed E-state index contributed by atoms with van der Waals surface area (Å²) in [4.78, 5) is 0. The molecule has 2 rings (SSSR count). The van der Waals surface area contributed by atoms with Gasteiger partial charge in [0.1, 0.15) is 13.2 Å². The topological polar surface area (TPSA) is 82.2 Å². The maximum atomic E-state index is 8.53. The maximum absolute atomic E-state index is 8.53. The van der Waals surface area contributed by atoms with Gasteiger partial charge in [-0.15, -0.1) is 0 Å². The molecule has 0 atom stereocenters. The van der Waals surface area contributed by atoms with E-state index in [4.69, 9.17) is 15.2 Å². The second-order valence-electron chi connectivity index (χ2n) is 4.85. The second-order valence-corrected chi connectivity index (χ2v) is 4.85. The molecule has 0 aliphatic heterocycles. The van der Waals surface area contributed by atoms with Crippen LogP contribution in [0.25, 0.3) is 0 Å². The highest BCUT2D eigenvalue weighted by Crippen LogP contribution is 1.91. The highest BCUT2D eigenvalue weighted by atomic mass is 16.5. The van der Waals surface area contributed by atoms with Crippen LogP contribution in [0.3, 0.4) is 0 Å². The van der Waals surface area contributed by atoms with Crippen molar-refractivity contribution in [3.63, 3.8) is 0 Å². The smallest absolute Gasteiger partial charge is 0.177 e. The minimum atomic E-state index is 0.586. The summed E-state index contributed by atoms with van der Waals surface area (Å²) in [5.41, 5.74) is 1.65. The van der Waals surface area contributed by atoms with E-state index in [-0.39, 0.29) is 0 Å². The van der Waals surface area contributed by atoms with Crippen molar-refractivity contribution < 1.29 is 24.3 Å². The molecule has 0 radical (unpaired) electrons. The molecule has 2 N–H and O–H groups in total. The zero-order valence-corrected chi connectivity index (χ0v) is 12.7. The number of aromatic nitrogens is 2. The minimum Gasteiger partial charge on any atom is -0.411 e. The number of rotatable bonds is 8. The summed E-state index contributed by atoms with van der Waals surface area (Å²) in [6.07, 6.45) is 10.4. The van der Waals surface area contributed by atoms with Gasteiger partial charge in [0.05, 0.1) is 23.6 Å². The maximum Gasteiger partial charge on any atom is 0.177 e. The Hall–Kier alpha value is -2.80. The summed E-state index contributed by atoms with van der Waals surface area (Å²) >= 11 is 0. The first-order valence-corrected chi connectivity index (χ1v) is 7.22. The van der Waals surface area contributed by atoms with E-state index in [0.717, 1.165) is 24.2 Å². The summed E-state index contributed by atoms with van der Waals surface area (Å²) < 4.78 is 9.58. The molecule has 0 aliphatic carbocycles. The Labute approximate surface area is 134 Å². The number of oxime groups is 2. The third-order valence-electron chi connectivity index (χ3n) is 3.16. The number of hydrogen-bond donors (Lipinski definition) is 2. The number of nitrogens with zero attached hydrogens (tertiary/aromatic N) is 4. The SMILES string of the molecule is O/N=C/c1ccc[n+](CCOCC[n+]2cccc(/C=N/O)c2)c1. The average Bonchev–Trinajstić information content (AvgIpc) is 2.56. The van der Waals surface area contributed by atoms with Crippen LogP contribution >= 0.6 is 0 Å². The van der Waals surface area contributed by atoms with Crippen molar-refractivity contribution in [1.29, 1.82) is 0 Å². The standard InChI is InChI=1S/C16H18N4O3/c21-17-11-15-3-1-5-19(13-15)7-9-23-10-8-20-6-2-4-16(14-20)12-18-22/h1-6,11-14H,7-10H2/p+2/b17-11+,18-12+. The molecule has 0 spiro atoms. The lowest BCUT2D eigenvalue weighted by Gasteiger charge is -2.01. The molecule has 0 saturated heterocycles. The number of hydrogen-bond acceptors (Lipinski definition) is 5. The Morgan fingerprint density at radius 3 is 1.78 bits per heavy atom. The Balaban J connectivity index is 1.73. The molecule has 7 nitrogen and oxygen atoms in total. The van der Waals surface area contributed by atoms with E-state index in [1.807, 2.05) is 58.2 Å². The molecule has 120 valence electrons. The monoisotopic (exact) mass is 316 g/mol. The molecule has 2 heterocycles. The Morgan fingerprint density at radius 1 is 0.870 bits per heavy atom. The fraction of sp³-hybridized carbons (Fsp3) is 0.250. The van der Waals surface area contributed by atoms with Gasteiger partial charge < -0.3 is 15.2 Å². The van der Waals surface area contributed by atoms with E-state index >= 15 is 0 Å². The lowest BCUT2D eigenvalue weighted by molar-refractivity contribution is -0.705. The molecule has 0 aromatic carbocycles. The Morgan fingerprint density at radius 2 is 1.35 bits per heavy atom. The molecule has 2 aromatic rings. The van der Waals surface area contributed by atoms with Gasteiger partial charge in [0.15, 0.2) is 37.9 Å². The van der Waals surface area contributed by atoms with Crippen LogP contribution in [0.15, 0.2) is 59.4 Å². The van der Waals surface area contributed by atoms with Crippen molar-refractivity contribution in [2.24, 2.45) is 10.3 Å². The normalized spacial score (nSPS) is 11.5. The van der Waals surface area contributed by atoms with E-state index in [1.165, 1.54) is 12.4 Å². The molecule has 23 heavy (non-hydrogen) atoms.